The van der Waals surface area contributed by atoms with Crippen molar-refractivity contribution in [2.24, 2.45) is 0 Å². The van der Waals surface area contributed by atoms with E-state index >= 15 is 0 Å². The van der Waals surface area contributed by atoms with Gasteiger partial charge in [0.25, 0.3) is 0 Å². The highest BCUT2D eigenvalue weighted by atomic mass is 19.4. The highest BCUT2D eigenvalue weighted by Gasteiger charge is 2.30. The summed E-state index contributed by atoms with van der Waals surface area (Å²) >= 11 is 0. The van der Waals surface area contributed by atoms with Gasteiger partial charge in [-0.3, -0.25) is 4.79 Å². The number of aromatic nitrogens is 1. The first-order chi connectivity index (χ1) is 10.4. The summed E-state index contributed by atoms with van der Waals surface area (Å²) in [6.45, 7) is -0.0377. The predicted molar refractivity (Wildman–Crippen MR) is 71.4 cm³/mol. The van der Waals surface area contributed by atoms with Gasteiger partial charge in [-0.25, -0.2) is 4.98 Å². The van der Waals surface area contributed by atoms with E-state index in [0.29, 0.717) is 11.9 Å². The first-order valence-corrected chi connectivity index (χ1v) is 6.37. The molecule has 0 spiro atoms. The molecule has 1 heterocycles. The molecule has 0 unspecified atom stereocenters. The quantitative estimate of drug-likeness (QED) is 0.626. The average molecular weight is 311 g/mol. The number of benzene rings is 1. The Bertz CT molecular complexity index is 612. The van der Waals surface area contributed by atoms with Gasteiger partial charge in [0, 0.05) is 12.3 Å². The van der Waals surface area contributed by atoms with Gasteiger partial charge in [-0.1, -0.05) is 18.2 Å². The van der Waals surface area contributed by atoms with Crippen LogP contribution >= 0.6 is 0 Å². The number of hydrogen-bond donors (Lipinski definition) is 0. The molecule has 0 radical (unpaired) electrons. The van der Waals surface area contributed by atoms with E-state index in [4.69, 9.17) is 9.47 Å². The fourth-order valence-corrected chi connectivity index (χ4v) is 1.54. The van der Waals surface area contributed by atoms with Crippen molar-refractivity contribution in [1.29, 1.82) is 0 Å². The molecular formula is C15H12F3NO3. The second-order valence-electron chi connectivity index (χ2n) is 4.27. The number of carbonyl (C=O) groups is 1. The molecule has 116 valence electrons. The summed E-state index contributed by atoms with van der Waals surface area (Å²) in [5.74, 6) is -0.0706. The maximum atomic E-state index is 12.3. The van der Waals surface area contributed by atoms with Crippen molar-refractivity contribution in [3.63, 3.8) is 0 Å². The van der Waals surface area contributed by atoms with Crippen molar-refractivity contribution < 1.29 is 27.4 Å². The average Bonchev–Trinajstić information content (AvgIpc) is 2.48. The molecule has 1 aromatic heterocycles. The number of para-hydroxylation sites is 1. The van der Waals surface area contributed by atoms with Crippen molar-refractivity contribution in [2.75, 3.05) is 6.61 Å². The zero-order valence-corrected chi connectivity index (χ0v) is 11.3. The minimum atomic E-state index is -4.44. The van der Waals surface area contributed by atoms with Crippen LogP contribution in [0.5, 0.6) is 11.6 Å². The predicted octanol–water partition coefficient (Wildman–Crippen LogP) is 3.47. The van der Waals surface area contributed by atoms with Gasteiger partial charge in [-0.2, -0.15) is 13.2 Å². The molecule has 0 aliphatic heterocycles. The molecule has 2 rings (SSSR count). The Morgan fingerprint density at radius 3 is 2.41 bits per heavy atom. The van der Waals surface area contributed by atoms with Gasteiger partial charge in [0.2, 0.25) is 5.88 Å². The Morgan fingerprint density at radius 1 is 1.09 bits per heavy atom. The van der Waals surface area contributed by atoms with Crippen LogP contribution in [0.3, 0.4) is 0 Å². The molecule has 0 aliphatic rings. The van der Waals surface area contributed by atoms with Gasteiger partial charge in [0.1, 0.15) is 12.4 Å². The molecular weight excluding hydrogens is 299 g/mol. The number of pyridine rings is 1. The summed E-state index contributed by atoms with van der Waals surface area (Å²) in [6, 6.07) is 10.5. The van der Waals surface area contributed by atoms with Crippen LogP contribution < -0.4 is 9.47 Å². The smallest absolute Gasteiger partial charge is 0.417 e. The minimum absolute atomic E-state index is 0.0144. The zero-order chi connectivity index (χ0) is 16.0. The number of alkyl halides is 3. The maximum Gasteiger partial charge on any atom is 0.417 e. The van der Waals surface area contributed by atoms with Crippen molar-refractivity contribution in [3.05, 3.63) is 54.2 Å². The second kappa shape index (κ2) is 6.93. The molecule has 2 aromatic rings. The second-order valence-corrected chi connectivity index (χ2v) is 4.27. The summed E-state index contributed by atoms with van der Waals surface area (Å²) in [5.41, 5.74) is -0.858. The van der Waals surface area contributed by atoms with E-state index in [1.807, 2.05) is 0 Å². The zero-order valence-electron chi connectivity index (χ0n) is 11.3. The molecule has 0 atom stereocenters. The molecule has 0 saturated heterocycles. The monoisotopic (exact) mass is 311 g/mol. The van der Waals surface area contributed by atoms with Crippen molar-refractivity contribution in [1.82, 2.24) is 4.98 Å². The van der Waals surface area contributed by atoms with Gasteiger partial charge >= 0.3 is 12.1 Å². The lowest BCUT2D eigenvalue weighted by Gasteiger charge is -2.08. The Labute approximate surface area is 124 Å². The molecule has 1 aromatic carbocycles. The van der Waals surface area contributed by atoms with Crippen LogP contribution in [0.1, 0.15) is 12.0 Å². The molecule has 0 amide bonds. The third-order valence-corrected chi connectivity index (χ3v) is 2.59. The van der Waals surface area contributed by atoms with Crippen LogP contribution in [0.4, 0.5) is 13.2 Å². The number of ether oxygens (including phenoxy) is 2. The molecule has 0 aliphatic carbocycles. The standard InChI is InChI=1S/C15H12F3NO3/c16-15(17,18)11-6-7-13(19-10-11)21-9-8-14(20)22-12-4-2-1-3-5-12/h1-7,10H,8-9H2. The summed E-state index contributed by atoms with van der Waals surface area (Å²) in [7, 11) is 0. The van der Waals surface area contributed by atoms with E-state index in [1.54, 1.807) is 30.3 Å². The summed E-state index contributed by atoms with van der Waals surface area (Å²) in [5, 5.41) is 0. The van der Waals surface area contributed by atoms with Crippen LogP contribution in [0, 0.1) is 0 Å². The molecule has 0 fully saturated rings. The van der Waals surface area contributed by atoms with E-state index in [0.717, 1.165) is 12.1 Å². The number of rotatable bonds is 5. The van der Waals surface area contributed by atoms with E-state index in [2.05, 4.69) is 4.98 Å². The lowest BCUT2D eigenvalue weighted by Crippen LogP contribution is -2.13. The van der Waals surface area contributed by atoms with Crippen LogP contribution in [-0.4, -0.2) is 17.6 Å². The molecule has 0 saturated carbocycles. The first kappa shape index (κ1) is 15.8. The Balaban J connectivity index is 1.78. The third-order valence-electron chi connectivity index (χ3n) is 2.59. The van der Waals surface area contributed by atoms with Crippen LogP contribution in [-0.2, 0) is 11.0 Å². The normalized spacial score (nSPS) is 11.0. The fraction of sp³-hybridized carbons (Fsp3) is 0.200. The van der Waals surface area contributed by atoms with E-state index in [9.17, 15) is 18.0 Å². The topological polar surface area (TPSA) is 48.4 Å². The van der Waals surface area contributed by atoms with Gasteiger partial charge in [0.05, 0.1) is 12.0 Å². The Hall–Kier alpha value is -2.57. The number of hydrogen-bond acceptors (Lipinski definition) is 4. The fourth-order valence-electron chi connectivity index (χ4n) is 1.54. The van der Waals surface area contributed by atoms with Gasteiger partial charge in [-0.15, -0.1) is 0 Å². The van der Waals surface area contributed by atoms with Gasteiger partial charge < -0.3 is 9.47 Å². The van der Waals surface area contributed by atoms with Crippen LogP contribution in [0.15, 0.2) is 48.7 Å². The summed E-state index contributed by atoms with van der Waals surface area (Å²) in [6.07, 6.45) is -3.81. The van der Waals surface area contributed by atoms with Crippen molar-refractivity contribution in [2.45, 2.75) is 12.6 Å². The summed E-state index contributed by atoms with van der Waals surface area (Å²) in [4.78, 5) is 15.0. The van der Waals surface area contributed by atoms with Crippen molar-refractivity contribution in [3.8, 4) is 11.6 Å². The summed E-state index contributed by atoms with van der Waals surface area (Å²) < 4.78 is 47.2. The molecule has 4 nitrogen and oxygen atoms in total. The third kappa shape index (κ3) is 4.76. The number of carbonyl (C=O) groups excluding carboxylic acids is 1. The van der Waals surface area contributed by atoms with E-state index < -0.39 is 17.7 Å². The molecule has 7 heteroatoms. The minimum Gasteiger partial charge on any atom is -0.477 e. The largest absolute Gasteiger partial charge is 0.477 e. The van der Waals surface area contributed by atoms with Gasteiger partial charge in [0.15, 0.2) is 0 Å². The number of esters is 1. The Morgan fingerprint density at radius 2 is 1.82 bits per heavy atom. The number of nitrogens with zero attached hydrogens (tertiary/aromatic N) is 1. The maximum absolute atomic E-state index is 12.3. The highest BCUT2D eigenvalue weighted by molar-refractivity contribution is 5.72. The first-order valence-electron chi connectivity index (χ1n) is 6.37. The molecule has 22 heavy (non-hydrogen) atoms. The lowest BCUT2D eigenvalue weighted by molar-refractivity contribution is -0.138. The molecule has 0 bridgehead atoms. The van der Waals surface area contributed by atoms with E-state index in [-0.39, 0.29) is 18.9 Å². The van der Waals surface area contributed by atoms with E-state index in [1.165, 1.54) is 0 Å². The number of halogens is 3. The highest BCUT2D eigenvalue weighted by Crippen LogP contribution is 2.29. The van der Waals surface area contributed by atoms with Crippen LogP contribution in [0.2, 0.25) is 0 Å². The Kier molecular flexibility index (Phi) is 4.98. The SMILES string of the molecule is O=C(CCOc1ccc(C(F)(F)F)cn1)Oc1ccccc1. The van der Waals surface area contributed by atoms with Crippen LogP contribution in [0.25, 0.3) is 0 Å². The van der Waals surface area contributed by atoms with Gasteiger partial charge in [-0.05, 0) is 18.2 Å². The lowest BCUT2D eigenvalue weighted by atomic mass is 10.3. The molecule has 0 N–H and O–H groups in total. The van der Waals surface area contributed by atoms with Crippen molar-refractivity contribution >= 4 is 5.97 Å².